The van der Waals surface area contributed by atoms with E-state index in [1.165, 1.54) is 0 Å². The van der Waals surface area contributed by atoms with Crippen molar-refractivity contribution in [2.45, 2.75) is 0 Å². The van der Waals surface area contributed by atoms with Crippen LogP contribution in [0.4, 0.5) is 0 Å². The van der Waals surface area contributed by atoms with Crippen molar-refractivity contribution in [3.8, 4) is 5.75 Å². The molecule has 0 aliphatic rings. The summed E-state index contributed by atoms with van der Waals surface area (Å²) in [6, 6.07) is 10.8. The quantitative estimate of drug-likeness (QED) is 0.864. The summed E-state index contributed by atoms with van der Waals surface area (Å²) in [5, 5.41) is 9.87. The van der Waals surface area contributed by atoms with Crippen molar-refractivity contribution >= 4 is 21.6 Å². The first-order valence-electron chi connectivity index (χ1n) is 5.09. The van der Waals surface area contributed by atoms with Gasteiger partial charge in [-0.05, 0) is 30.3 Å². The van der Waals surface area contributed by atoms with Crippen LogP contribution < -0.4 is 0 Å². The summed E-state index contributed by atoms with van der Waals surface area (Å²) in [5.41, 5.74) is 2.08. The third-order valence-corrected chi connectivity index (χ3v) is 2.84. The van der Waals surface area contributed by atoms with Gasteiger partial charge in [0.2, 0.25) is 0 Å². The number of phenolic OH excluding ortho intramolecular Hbond substituents is 1. The maximum Gasteiger partial charge on any atom is 0.125 e. The van der Waals surface area contributed by atoms with Crippen molar-refractivity contribution in [1.29, 1.82) is 0 Å². The van der Waals surface area contributed by atoms with Gasteiger partial charge in [-0.3, -0.25) is 9.98 Å². The van der Waals surface area contributed by atoms with Crippen molar-refractivity contribution < 1.29 is 5.11 Å². The van der Waals surface area contributed by atoms with Crippen molar-refractivity contribution in [3.05, 3.63) is 58.3 Å². The molecule has 2 aromatic rings. The summed E-state index contributed by atoms with van der Waals surface area (Å²) in [6.07, 6.45) is 1.70. The second-order valence-corrected chi connectivity index (χ2v) is 4.36. The van der Waals surface area contributed by atoms with Crippen LogP contribution in [0.25, 0.3) is 0 Å². The molecular formula is C13H11BrN2O. The molecule has 1 aromatic carbocycles. The van der Waals surface area contributed by atoms with E-state index >= 15 is 0 Å². The van der Waals surface area contributed by atoms with E-state index in [0.29, 0.717) is 11.3 Å². The fraction of sp³-hybridized carbons (Fsp3) is 0.0769. The van der Waals surface area contributed by atoms with Gasteiger partial charge in [0.15, 0.2) is 0 Å². The lowest BCUT2D eigenvalue weighted by atomic mass is 10.1. The summed E-state index contributed by atoms with van der Waals surface area (Å²) >= 11 is 3.38. The lowest BCUT2D eigenvalue weighted by Gasteiger charge is -2.08. The molecule has 1 N–H and O–H groups in total. The van der Waals surface area contributed by atoms with Gasteiger partial charge in [-0.25, -0.2) is 0 Å². The first-order chi connectivity index (χ1) is 8.22. The topological polar surface area (TPSA) is 45.5 Å². The van der Waals surface area contributed by atoms with Crippen LogP contribution in [0, 0.1) is 0 Å². The van der Waals surface area contributed by atoms with Crippen molar-refractivity contribution in [1.82, 2.24) is 4.98 Å². The van der Waals surface area contributed by atoms with Gasteiger partial charge in [0.1, 0.15) is 5.75 Å². The highest BCUT2D eigenvalue weighted by molar-refractivity contribution is 9.10. The largest absolute Gasteiger partial charge is 0.507 e. The summed E-state index contributed by atoms with van der Waals surface area (Å²) in [6.45, 7) is 0. The average Bonchev–Trinajstić information content (AvgIpc) is 2.36. The molecule has 0 aliphatic carbocycles. The molecule has 0 radical (unpaired) electrons. The maximum atomic E-state index is 9.87. The number of phenols is 1. The molecule has 0 fully saturated rings. The second kappa shape index (κ2) is 5.10. The van der Waals surface area contributed by atoms with Crippen molar-refractivity contribution in [2.75, 3.05) is 7.05 Å². The minimum Gasteiger partial charge on any atom is -0.507 e. The van der Waals surface area contributed by atoms with Gasteiger partial charge < -0.3 is 5.11 Å². The number of nitrogens with zero attached hydrogens (tertiary/aromatic N) is 2. The van der Waals surface area contributed by atoms with Crippen LogP contribution in [0.2, 0.25) is 0 Å². The van der Waals surface area contributed by atoms with Crippen LogP contribution in [-0.4, -0.2) is 22.8 Å². The number of aromatic hydroxyl groups is 1. The Balaban J connectivity index is 2.54. The summed E-state index contributed by atoms with van der Waals surface area (Å²) in [5.74, 6) is 0.194. The summed E-state index contributed by atoms with van der Waals surface area (Å²) in [7, 11) is 1.68. The molecule has 4 heteroatoms. The van der Waals surface area contributed by atoms with E-state index in [1.807, 2.05) is 24.3 Å². The normalized spacial score (nSPS) is 11.5. The zero-order valence-electron chi connectivity index (χ0n) is 9.26. The van der Waals surface area contributed by atoms with Crippen LogP contribution in [-0.2, 0) is 0 Å². The van der Waals surface area contributed by atoms with E-state index in [4.69, 9.17) is 0 Å². The first kappa shape index (κ1) is 11.8. The molecule has 0 bridgehead atoms. The Hall–Kier alpha value is -1.68. The molecule has 0 saturated heterocycles. The van der Waals surface area contributed by atoms with Gasteiger partial charge in [-0.1, -0.05) is 22.0 Å². The number of halogens is 1. The Morgan fingerprint density at radius 1 is 1.29 bits per heavy atom. The van der Waals surface area contributed by atoms with Gasteiger partial charge >= 0.3 is 0 Å². The van der Waals surface area contributed by atoms with E-state index in [-0.39, 0.29) is 5.75 Å². The maximum absolute atomic E-state index is 9.87. The lowest BCUT2D eigenvalue weighted by molar-refractivity contribution is 0.474. The van der Waals surface area contributed by atoms with Crippen LogP contribution in [0.15, 0.2) is 52.1 Å². The Kier molecular flexibility index (Phi) is 3.54. The molecule has 0 spiro atoms. The molecule has 1 aromatic heterocycles. The molecular weight excluding hydrogens is 280 g/mol. The summed E-state index contributed by atoms with van der Waals surface area (Å²) < 4.78 is 0.891. The van der Waals surface area contributed by atoms with Crippen LogP contribution in [0.1, 0.15) is 11.3 Å². The molecule has 0 atom stereocenters. The molecule has 0 amide bonds. The zero-order valence-corrected chi connectivity index (χ0v) is 10.8. The monoisotopic (exact) mass is 290 g/mol. The number of pyridine rings is 1. The minimum atomic E-state index is 0.194. The highest BCUT2D eigenvalue weighted by Crippen LogP contribution is 2.24. The fourth-order valence-electron chi connectivity index (χ4n) is 1.57. The lowest BCUT2D eigenvalue weighted by Crippen LogP contribution is -2.05. The second-order valence-electron chi connectivity index (χ2n) is 3.45. The molecule has 0 unspecified atom stereocenters. The standard InChI is InChI=1S/C13H11BrN2O/c1-15-13(11-4-2-3-7-16-11)10-8-9(14)5-6-12(10)17/h2-8,17H,1H3. The zero-order chi connectivity index (χ0) is 12.3. The molecule has 86 valence electrons. The van der Waals surface area contributed by atoms with E-state index in [9.17, 15) is 5.11 Å². The van der Waals surface area contributed by atoms with E-state index < -0.39 is 0 Å². The number of rotatable bonds is 2. The Labute approximate surface area is 108 Å². The molecule has 2 rings (SSSR count). The number of aromatic nitrogens is 1. The van der Waals surface area contributed by atoms with Crippen molar-refractivity contribution in [2.24, 2.45) is 4.99 Å². The Bertz CT molecular complexity index is 553. The van der Waals surface area contributed by atoms with Gasteiger partial charge in [0, 0.05) is 23.3 Å². The highest BCUT2D eigenvalue weighted by atomic mass is 79.9. The number of aliphatic imine (C=N–C) groups is 1. The molecule has 3 nitrogen and oxygen atoms in total. The molecule has 1 heterocycles. The molecule has 17 heavy (non-hydrogen) atoms. The van der Waals surface area contributed by atoms with E-state index in [0.717, 1.165) is 10.2 Å². The Morgan fingerprint density at radius 3 is 2.76 bits per heavy atom. The predicted octanol–water partition coefficient (Wildman–Crippen LogP) is 3.02. The summed E-state index contributed by atoms with van der Waals surface area (Å²) in [4.78, 5) is 8.44. The van der Waals surface area contributed by atoms with Gasteiger partial charge in [-0.2, -0.15) is 0 Å². The molecule has 0 saturated carbocycles. The number of benzene rings is 1. The number of hydrogen-bond acceptors (Lipinski definition) is 3. The van der Waals surface area contributed by atoms with Crippen LogP contribution in [0.3, 0.4) is 0 Å². The third-order valence-electron chi connectivity index (χ3n) is 2.34. The predicted molar refractivity (Wildman–Crippen MR) is 71.6 cm³/mol. The van der Waals surface area contributed by atoms with E-state index in [2.05, 4.69) is 25.9 Å². The fourth-order valence-corrected chi connectivity index (χ4v) is 1.93. The van der Waals surface area contributed by atoms with Gasteiger partial charge in [-0.15, -0.1) is 0 Å². The third kappa shape index (κ3) is 2.53. The highest BCUT2D eigenvalue weighted by Gasteiger charge is 2.12. The SMILES string of the molecule is CN=C(c1ccccn1)c1cc(Br)ccc1O. The van der Waals surface area contributed by atoms with Crippen LogP contribution in [0.5, 0.6) is 5.75 Å². The Morgan fingerprint density at radius 2 is 2.12 bits per heavy atom. The van der Waals surface area contributed by atoms with E-state index in [1.54, 1.807) is 25.4 Å². The number of hydrogen-bond donors (Lipinski definition) is 1. The minimum absolute atomic E-state index is 0.194. The first-order valence-corrected chi connectivity index (χ1v) is 5.88. The smallest absolute Gasteiger partial charge is 0.125 e. The van der Waals surface area contributed by atoms with Crippen molar-refractivity contribution in [3.63, 3.8) is 0 Å². The van der Waals surface area contributed by atoms with Crippen LogP contribution >= 0.6 is 15.9 Å². The molecule has 0 aliphatic heterocycles. The van der Waals surface area contributed by atoms with Gasteiger partial charge in [0.05, 0.1) is 11.4 Å². The average molecular weight is 291 g/mol. The van der Waals surface area contributed by atoms with Gasteiger partial charge in [0.25, 0.3) is 0 Å².